The van der Waals surface area contributed by atoms with Crippen LogP contribution >= 0.6 is 0 Å². The third-order valence-electron chi connectivity index (χ3n) is 4.54. The van der Waals surface area contributed by atoms with Crippen molar-refractivity contribution in [1.82, 2.24) is 4.90 Å². The molecule has 142 valence electrons. The Hall–Kier alpha value is -2.70. The lowest BCUT2D eigenvalue weighted by Crippen LogP contribution is -2.41. The van der Waals surface area contributed by atoms with Crippen molar-refractivity contribution >= 4 is 23.2 Å². The summed E-state index contributed by atoms with van der Waals surface area (Å²) in [6, 6.07) is 13.0. The van der Waals surface area contributed by atoms with Gasteiger partial charge in [-0.3, -0.25) is 14.5 Å². The Morgan fingerprint density at radius 2 is 1.59 bits per heavy atom. The molecular weight excluding hydrogens is 342 g/mol. The molecule has 1 heterocycles. The van der Waals surface area contributed by atoms with Crippen molar-refractivity contribution in [3.8, 4) is 0 Å². The Labute approximate surface area is 159 Å². The SMILES string of the molecule is Cc1ccc(C)c(C(=O)Nc2ccc(NC(=O)CN3CCOCC3)cc2)c1. The Kier molecular flexibility index (Phi) is 6.21. The number of rotatable bonds is 5. The molecule has 2 aromatic rings. The predicted octanol–water partition coefficient (Wildman–Crippen LogP) is 2.83. The largest absolute Gasteiger partial charge is 0.379 e. The highest BCUT2D eigenvalue weighted by Gasteiger charge is 2.14. The molecule has 6 heteroatoms. The first-order chi connectivity index (χ1) is 13.0. The highest BCUT2D eigenvalue weighted by atomic mass is 16.5. The van der Waals surface area contributed by atoms with Crippen LogP contribution in [0, 0.1) is 13.8 Å². The molecule has 27 heavy (non-hydrogen) atoms. The van der Waals surface area contributed by atoms with Crippen LogP contribution in [-0.4, -0.2) is 49.6 Å². The summed E-state index contributed by atoms with van der Waals surface area (Å²) >= 11 is 0. The number of morpholine rings is 1. The molecule has 0 unspecified atom stereocenters. The Bertz CT molecular complexity index is 812. The summed E-state index contributed by atoms with van der Waals surface area (Å²) in [5.41, 5.74) is 4.04. The predicted molar refractivity (Wildman–Crippen MR) is 106 cm³/mol. The number of nitrogens with zero attached hydrogens (tertiary/aromatic N) is 1. The minimum atomic E-state index is -0.139. The fourth-order valence-corrected chi connectivity index (χ4v) is 2.98. The second-order valence-corrected chi connectivity index (χ2v) is 6.79. The van der Waals surface area contributed by atoms with Gasteiger partial charge >= 0.3 is 0 Å². The summed E-state index contributed by atoms with van der Waals surface area (Å²) in [7, 11) is 0. The van der Waals surface area contributed by atoms with E-state index in [2.05, 4.69) is 15.5 Å². The second kappa shape index (κ2) is 8.79. The van der Waals surface area contributed by atoms with Gasteiger partial charge in [0, 0.05) is 30.0 Å². The quantitative estimate of drug-likeness (QED) is 0.853. The highest BCUT2D eigenvalue weighted by Crippen LogP contribution is 2.17. The number of nitrogens with one attached hydrogen (secondary N) is 2. The number of hydrogen-bond acceptors (Lipinski definition) is 4. The van der Waals surface area contributed by atoms with E-state index in [0.29, 0.717) is 36.7 Å². The standard InChI is InChI=1S/C21H25N3O3/c1-15-3-4-16(2)19(13-15)21(26)23-18-7-5-17(6-8-18)22-20(25)14-24-9-11-27-12-10-24/h3-8,13H,9-12,14H2,1-2H3,(H,22,25)(H,23,26). The number of hydrogen-bond donors (Lipinski definition) is 2. The lowest BCUT2D eigenvalue weighted by Gasteiger charge is -2.25. The van der Waals surface area contributed by atoms with Gasteiger partial charge in [0.05, 0.1) is 19.8 Å². The second-order valence-electron chi connectivity index (χ2n) is 6.79. The van der Waals surface area contributed by atoms with E-state index >= 15 is 0 Å². The first-order valence-corrected chi connectivity index (χ1v) is 9.10. The van der Waals surface area contributed by atoms with Gasteiger partial charge in [0.25, 0.3) is 5.91 Å². The number of carbonyl (C=O) groups is 2. The van der Waals surface area contributed by atoms with Crippen molar-refractivity contribution in [2.75, 3.05) is 43.5 Å². The monoisotopic (exact) mass is 367 g/mol. The minimum Gasteiger partial charge on any atom is -0.379 e. The highest BCUT2D eigenvalue weighted by molar-refractivity contribution is 6.05. The molecule has 0 radical (unpaired) electrons. The molecule has 6 nitrogen and oxygen atoms in total. The van der Waals surface area contributed by atoms with Crippen molar-refractivity contribution in [2.24, 2.45) is 0 Å². The molecule has 2 N–H and O–H groups in total. The maximum absolute atomic E-state index is 12.5. The zero-order valence-corrected chi connectivity index (χ0v) is 15.7. The third kappa shape index (κ3) is 5.39. The van der Waals surface area contributed by atoms with Gasteiger partial charge in [-0.1, -0.05) is 17.7 Å². The normalized spacial score (nSPS) is 14.6. The Balaban J connectivity index is 1.56. The Morgan fingerprint density at radius 3 is 2.26 bits per heavy atom. The van der Waals surface area contributed by atoms with Crippen LogP contribution in [0.1, 0.15) is 21.5 Å². The fourth-order valence-electron chi connectivity index (χ4n) is 2.98. The van der Waals surface area contributed by atoms with Gasteiger partial charge in [-0.05, 0) is 49.7 Å². The summed E-state index contributed by atoms with van der Waals surface area (Å²) in [6.07, 6.45) is 0. The summed E-state index contributed by atoms with van der Waals surface area (Å²) in [5, 5.41) is 5.78. The molecule has 2 amide bonds. The van der Waals surface area contributed by atoms with E-state index in [4.69, 9.17) is 4.74 Å². The lowest BCUT2D eigenvalue weighted by atomic mass is 10.1. The molecular formula is C21H25N3O3. The average Bonchev–Trinajstić information content (AvgIpc) is 2.66. The molecule has 0 spiro atoms. The van der Waals surface area contributed by atoms with Crippen LogP contribution < -0.4 is 10.6 Å². The van der Waals surface area contributed by atoms with Gasteiger partial charge in [0.2, 0.25) is 5.91 Å². The smallest absolute Gasteiger partial charge is 0.255 e. The summed E-state index contributed by atoms with van der Waals surface area (Å²) in [4.78, 5) is 26.7. The van der Waals surface area contributed by atoms with Crippen LogP contribution in [-0.2, 0) is 9.53 Å². The van der Waals surface area contributed by atoms with Crippen LogP contribution in [0.15, 0.2) is 42.5 Å². The molecule has 0 bridgehead atoms. The molecule has 1 fully saturated rings. The zero-order valence-electron chi connectivity index (χ0n) is 15.7. The number of aryl methyl sites for hydroxylation is 2. The van der Waals surface area contributed by atoms with Gasteiger partial charge < -0.3 is 15.4 Å². The summed E-state index contributed by atoms with van der Waals surface area (Å²) in [5.74, 6) is -0.190. The van der Waals surface area contributed by atoms with Gasteiger partial charge in [0.15, 0.2) is 0 Å². The molecule has 1 aliphatic rings. The maximum Gasteiger partial charge on any atom is 0.255 e. The third-order valence-corrected chi connectivity index (χ3v) is 4.54. The number of anilines is 2. The lowest BCUT2D eigenvalue weighted by molar-refractivity contribution is -0.118. The minimum absolute atomic E-state index is 0.0518. The van der Waals surface area contributed by atoms with Gasteiger partial charge in [-0.2, -0.15) is 0 Å². The van der Waals surface area contributed by atoms with E-state index in [1.54, 1.807) is 24.3 Å². The van der Waals surface area contributed by atoms with Crippen molar-refractivity contribution in [2.45, 2.75) is 13.8 Å². The first-order valence-electron chi connectivity index (χ1n) is 9.10. The van der Waals surface area contributed by atoms with Gasteiger partial charge in [0.1, 0.15) is 0 Å². The van der Waals surface area contributed by atoms with E-state index in [1.165, 1.54) is 0 Å². The van der Waals surface area contributed by atoms with E-state index in [1.807, 2.05) is 32.0 Å². The van der Waals surface area contributed by atoms with Crippen molar-refractivity contribution in [1.29, 1.82) is 0 Å². The maximum atomic E-state index is 12.5. The fraction of sp³-hybridized carbons (Fsp3) is 0.333. The van der Waals surface area contributed by atoms with Crippen LogP contribution in [0.3, 0.4) is 0 Å². The van der Waals surface area contributed by atoms with Crippen LogP contribution in [0.25, 0.3) is 0 Å². The van der Waals surface area contributed by atoms with Crippen molar-refractivity contribution in [3.05, 3.63) is 59.2 Å². The topological polar surface area (TPSA) is 70.7 Å². The van der Waals surface area contributed by atoms with E-state index in [-0.39, 0.29) is 11.8 Å². The molecule has 1 aliphatic heterocycles. The number of ether oxygens (including phenoxy) is 1. The van der Waals surface area contributed by atoms with E-state index in [0.717, 1.165) is 24.2 Å². The van der Waals surface area contributed by atoms with Crippen molar-refractivity contribution < 1.29 is 14.3 Å². The van der Waals surface area contributed by atoms with Crippen molar-refractivity contribution in [3.63, 3.8) is 0 Å². The number of amides is 2. The zero-order chi connectivity index (χ0) is 19.2. The molecule has 1 saturated heterocycles. The van der Waals surface area contributed by atoms with Gasteiger partial charge in [-0.15, -0.1) is 0 Å². The van der Waals surface area contributed by atoms with Crippen LogP contribution in [0.5, 0.6) is 0 Å². The number of carbonyl (C=O) groups excluding carboxylic acids is 2. The molecule has 0 aliphatic carbocycles. The van der Waals surface area contributed by atoms with Gasteiger partial charge in [-0.25, -0.2) is 0 Å². The average molecular weight is 367 g/mol. The van der Waals surface area contributed by atoms with E-state index < -0.39 is 0 Å². The molecule has 0 atom stereocenters. The Morgan fingerprint density at radius 1 is 0.963 bits per heavy atom. The molecule has 0 aromatic heterocycles. The van der Waals surface area contributed by atoms with E-state index in [9.17, 15) is 9.59 Å². The number of benzene rings is 2. The summed E-state index contributed by atoms with van der Waals surface area (Å²) in [6.45, 7) is 7.12. The van der Waals surface area contributed by atoms with Crippen LogP contribution in [0.4, 0.5) is 11.4 Å². The molecule has 2 aromatic carbocycles. The summed E-state index contributed by atoms with van der Waals surface area (Å²) < 4.78 is 5.28. The molecule has 3 rings (SSSR count). The molecule has 0 saturated carbocycles. The first kappa shape index (κ1) is 19.1. The van der Waals surface area contributed by atoms with Crippen LogP contribution in [0.2, 0.25) is 0 Å².